The summed E-state index contributed by atoms with van der Waals surface area (Å²) in [5.41, 5.74) is 0.889. The van der Waals surface area contributed by atoms with Crippen LogP contribution >= 0.6 is 0 Å². The number of esters is 1. The summed E-state index contributed by atoms with van der Waals surface area (Å²) in [5, 5.41) is 0. The molecular formula is C8H13NO2. The van der Waals surface area contributed by atoms with Crippen molar-refractivity contribution in [2.45, 2.75) is 19.9 Å². The van der Waals surface area contributed by atoms with Gasteiger partial charge in [0.25, 0.3) is 0 Å². The molecule has 3 nitrogen and oxygen atoms in total. The van der Waals surface area contributed by atoms with E-state index < -0.39 is 0 Å². The molecule has 0 unspecified atom stereocenters. The standard InChI is InChI=1S/C8H13NO2/c1-6(2)9-4-8(10)11-5-7(9)3/h6H,3-5H2,1-2H3. The third-order valence-corrected chi connectivity index (χ3v) is 1.73. The summed E-state index contributed by atoms with van der Waals surface area (Å²) in [6.45, 7) is 8.55. The van der Waals surface area contributed by atoms with Crippen molar-refractivity contribution in [3.05, 3.63) is 12.3 Å². The van der Waals surface area contributed by atoms with Crippen LogP contribution in [0.15, 0.2) is 12.3 Å². The van der Waals surface area contributed by atoms with Crippen molar-refractivity contribution in [2.75, 3.05) is 13.2 Å². The normalized spacial score (nSPS) is 19.0. The van der Waals surface area contributed by atoms with Crippen LogP contribution in [-0.4, -0.2) is 30.1 Å². The number of cyclic esters (lactones) is 1. The molecule has 0 saturated carbocycles. The van der Waals surface area contributed by atoms with E-state index in [-0.39, 0.29) is 5.97 Å². The molecule has 3 heteroatoms. The summed E-state index contributed by atoms with van der Waals surface area (Å²) >= 11 is 0. The largest absolute Gasteiger partial charge is 0.458 e. The van der Waals surface area contributed by atoms with E-state index in [0.29, 0.717) is 19.2 Å². The summed E-state index contributed by atoms with van der Waals surface area (Å²) in [6, 6.07) is 0.329. The topological polar surface area (TPSA) is 29.5 Å². The molecule has 11 heavy (non-hydrogen) atoms. The SMILES string of the molecule is C=C1COC(=O)CN1C(C)C. The summed E-state index contributed by atoms with van der Waals surface area (Å²) in [4.78, 5) is 12.8. The fourth-order valence-electron chi connectivity index (χ4n) is 1.09. The van der Waals surface area contributed by atoms with Gasteiger partial charge >= 0.3 is 5.97 Å². The Balaban J connectivity index is 2.61. The zero-order chi connectivity index (χ0) is 8.43. The molecule has 0 radical (unpaired) electrons. The van der Waals surface area contributed by atoms with Crippen molar-refractivity contribution >= 4 is 5.97 Å². The monoisotopic (exact) mass is 155 g/mol. The second-order valence-electron chi connectivity index (χ2n) is 2.95. The Morgan fingerprint density at radius 1 is 1.64 bits per heavy atom. The molecule has 0 aromatic rings. The second kappa shape index (κ2) is 2.95. The van der Waals surface area contributed by atoms with Gasteiger partial charge in [0, 0.05) is 11.7 Å². The van der Waals surface area contributed by atoms with Crippen LogP contribution in [0.2, 0.25) is 0 Å². The average Bonchev–Trinajstić information content (AvgIpc) is 1.94. The highest BCUT2D eigenvalue weighted by molar-refractivity contribution is 5.73. The van der Waals surface area contributed by atoms with Gasteiger partial charge in [0.05, 0.1) is 0 Å². The molecule has 1 heterocycles. The van der Waals surface area contributed by atoms with Gasteiger partial charge in [-0.15, -0.1) is 0 Å². The van der Waals surface area contributed by atoms with Crippen molar-refractivity contribution in [3.8, 4) is 0 Å². The molecule has 0 amide bonds. The van der Waals surface area contributed by atoms with E-state index in [1.54, 1.807) is 0 Å². The highest BCUT2D eigenvalue weighted by Crippen LogP contribution is 2.12. The Kier molecular flexibility index (Phi) is 2.17. The van der Waals surface area contributed by atoms with Crippen LogP contribution in [-0.2, 0) is 9.53 Å². The maximum absolute atomic E-state index is 10.8. The molecule has 1 rings (SSSR count). The van der Waals surface area contributed by atoms with Crippen molar-refractivity contribution in [1.82, 2.24) is 4.90 Å². The van der Waals surface area contributed by atoms with Gasteiger partial charge in [0.2, 0.25) is 0 Å². The predicted molar refractivity (Wildman–Crippen MR) is 41.9 cm³/mol. The highest BCUT2D eigenvalue weighted by atomic mass is 16.5. The number of hydrogen-bond donors (Lipinski definition) is 0. The van der Waals surface area contributed by atoms with Crippen LogP contribution in [0.4, 0.5) is 0 Å². The van der Waals surface area contributed by atoms with E-state index in [4.69, 9.17) is 4.74 Å². The van der Waals surface area contributed by atoms with Crippen molar-refractivity contribution < 1.29 is 9.53 Å². The zero-order valence-corrected chi connectivity index (χ0v) is 6.96. The zero-order valence-electron chi connectivity index (χ0n) is 6.96. The Hall–Kier alpha value is -0.990. The molecule has 0 N–H and O–H groups in total. The van der Waals surface area contributed by atoms with E-state index in [9.17, 15) is 4.79 Å². The predicted octanol–water partition coefficient (Wildman–Crippen LogP) is 0.767. The number of rotatable bonds is 1. The minimum Gasteiger partial charge on any atom is -0.458 e. The van der Waals surface area contributed by atoms with Crippen LogP contribution < -0.4 is 0 Å². The second-order valence-corrected chi connectivity index (χ2v) is 2.95. The van der Waals surface area contributed by atoms with Gasteiger partial charge in [-0.3, -0.25) is 4.79 Å². The highest BCUT2D eigenvalue weighted by Gasteiger charge is 2.21. The van der Waals surface area contributed by atoms with E-state index in [2.05, 4.69) is 6.58 Å². The number of hydrogen-bond acceptors (Lipinski definition) is 3. The van der Waals surface area contributed by atoms with Gasteiger partial charge in [-0.05, 0) is 13.8 Å². The van der Waals surface area contributed by atoms with E-state index in [1.807, 2.05) is 18.7 Å². The lowest BCUT2D eigenvalue weighted by molar-refractivity contribution is -0.148. The van der Waals surface area contributed by atoms with Gasteiger partial charge in [-0.25, -0.2) is 0 Å². The Bertz CT molecular complexity index is 187. The fourth-order valence-corrected chi connectivity index (χ4v) is 1.09. The molecule has 0 aromatic carbocycles. The molecule has 1 aliphatic rings. The molecule has 0 spiro atoms. The summed E-state index contributed by atoms with van der Waals surface area (Å²) in [7, 11) is 0. The van der Waals surface area contributed by atoms with Crippen LogP contribution in [0.3, 0.4) is 0 Å². The van der Waals surface area contributed by atoms with Crippen molar-refractivity contribution in [1.29, 1.82) is 0 Å². The molecule has 0 bridgehead atoms. The number of carbonyl (C=O) groups is 1. The minimum atomic E-state index is -0.161. The lowest BCUT2D eigenvalue weighted by atomic mass is 10.2. The first-order valence-corrected chi connectivity index (χ1v) is 3.71. The smallest absolute Gasteiger partial charge is 0.325 e. The molecule has 62 valence electrons. The van der Waals surface area contributed by atoms with E-state index in [1.165, 1.54) is 0 Å². The van der Waals surface area contributed by atoms with E-state index >= 15 is 0 Å². The van der Waals surface area contributed by atoms with Gasteiger partial charge < -0.3 is 9.64 Å². The number of morpholine rings is 1. The number of ether oxygens (including phenoxy) is 1. The van der Waals surface area contributed by atoms with Crippen molar-refractivity contribution in [2.24, 2.45) is 0 Å². The van der Waals surface area contributed by atoms with Crippen LogP contribution in [0, 0.1) is 0 Å². The third-order valence-electron chi connectivity index (χ3n) is 1.73. The lowest BCUT2D eigenvalue weighted by Gasteiger charge is -2.33. The quantitative estimate of drug-likeness (QED) is 0.524. The summed E-state index contributed by atoms with van der Waals surface area (Å²) < 4.78 is 4.79. The van der Waals surface area contributed by atoms with E-state index in [0.717, 1.165) is 5.70 Å². The Morgan fingerprint density at radius 2 is 2.27 bits per heavy atom. The fraction of sp³-hybridized carbons (Fsp3) is 0.625. The molecule has 1 aliphatic heterocycles. The lowest BCUT2D eigenvalue weighted by Crippen LogP contribution is -2.41. The molecule has 0 aromatic heterocycles. The number of carbonyl (C=O) groups excluding carboxylic acids is 1. The van der Waals surface area contributed by atoms with Gasteiger partial charge in [0.15, 0.2) is 0 Å². The third kappa shape index (κ3) is 1.73. The Morgan fingerprint density at radius 3 is 2.73 bits per heavy atom. The maximum Gasteiger partial charge on any atom is 0.325 e. The van der Waals surface area contributed by atoms with Crippen molar-refractivity contribution in [3.63, 3.8) is 0 Å². The minimum absolute atomic E-state index is 0.161. The maximum atomic E-state index is 10.8. The average molecular weight is 155 g/mol. The van der Waals surface area contributed by atoms with Crippen LogP contribution in [0.25, 0.3) is 0 Å². The van der Waals surface area contributed by atoms with Gasteiger partial charge in [-0.2, -0.15) is 0 Å². The molecular weight excluding hydrogens is 142 g/mol. The van der Waals surface area contributed by atoms with Gasteiger partial charge in [0.1, 0.15) is 13.2 Å². The first-order chi connectivity index (χ1) is 5.11. The molecule has 0 atom stereocenters. The Labute approximate surface area is 66.6 Å². The molecule has 0 aliphatic carbocycles. The first-order valence-electron chi connectivity index (χ1n) is 3.71. The van der Waals surface area contributed by atoms with Gasteiger partial charge in [-0.1, -0.05) is 6.58 Å². The molecule has 1 saturated heterocycles. The number of nitrogens with zero attached hydrogens (tertiary/aromatic N) is 1. The van der Waals surface area contributed by atoms with Crippen LogP contribution in [0.1, 0.15) is 13.8 Å². The molecule has 1 fully saturated rings. The first kappa shape index (κ1) is 8.11. The van der Waals surface area contributed by atoms with Crippen LogP contribution in [0.5, 0.6) is 0 Å². The summed E-state index contributed by atoms with van der Waals surface area (Å²) in [6.07, 6.45) is 0. The summed E-state index contributed by atoms with van der Waals surface area (Å²) in [5.74, 6) is -0.161.